The molecule has 5 rings (SSSR count). The van der Waals surface area contributed by atoms with Gasteiger partial charge in [0.25, 0.3) is 5.56 Å². The van der Waals surface area contributed by atoms with Crippen molar-refractivity contribution in [3.63, 3.8) is 0 Å². The van der Waals surface area contributed by atoms with E-state index in [0.717, 1.165) is 37.4 Å². The summed E-state index contributed by atoms with van der Waals surface area (Å²) in [5, 5.41) is 3.24. The summed E-state index contributed by atoms with van der Waals surface area (Å²) in [5.74, 6) is 0.411. The van der Waals surface area contributed by atoms with Crippen LogP contribution in [-0.2, 0) is 0 Å². The Bertz CT molecular complexity index is 1310. The van der Waals surface area contributed by atoms with Gasteiger partial charge in [0, 0.05) is 43.1 Å². The molecule has 0 atom stereocenters. The molecule has 1 fully saturated rings. The minimum atomic E-state index is -0.277. The van der Waals surface area contributed by atoms with Gasteiger partial charge in [0.05, 0.1) is 6.20 Å². The maximum absolute atomic E-state index is 12.5. The van der Waals surface area contributed by atoms with Crippen molar-refractivity contribution in [2.75, 3.05) is 43.4 Å². The van der Waals surface area contributed by atoms with E-state index in [0.29, 0.717) is 22.8 Å². The molecule has 2 aromatic heterocycles. The van der Waals surface area contributed by atoms with E-state index in [1.165, 1.54) is 11.3 Å². The van der Waals surface area contributed by atoms with Gasteiger partial charge >= 0.3 is 0 Å². The molecular weight excluding hydrogens is 402 g/mol. The number of hydrogen-bond donors (Lipinski definition) is 2. The topological polar surface area (TPSA) is 90.0 Å². The molecule has 1 aliphatic rings. The van der Waals surface area contributed by atoms with E-state index in [9.17, 15) is 4.79 Å². The number of anilines is 3. The number of hydrogen-bond acceptors (Lipinski definition) is 7. The Hall–Kier alpha value is -3.78. The fraction of sp³-hybridized carbons (Fsp3) is 0.250. The molecule has 0 aliphatic carbocycles. The molecule has 0 amide bonds. The summed E-state index contributed by atoms with van der Waals surface area (Å²) in [6, 6.07) is 15.6. The minimum absolute atomic E-state index is 0.277. The SMILES string of the molecule is Cc1cc(Nc2ncc3nc(-c4ccccc4)c(=O)[nH]c3n2)ccc1N1CCN(C)CC1. The molecule has 32 heavy (non-hydrogen) atoms. The van der Waals surface area contributed by atoms with Crippen LogP contribution in [0.1, 0.15) is 5.56 Å². The maximum atomic E-state index is 12.5. The van der Waals surface area contributed by atoms with Gasteiger partial charge in [-0.05, 0) is 37.7 Å². The van der Waals surface area contributed by atoms with E-state index in [4.69, 9.17) is 0 Å². The summed E-state index contributed by atoms with van der Waals surface area (Å²) in [4.78, 5) is 33.5. The second kappa shape index (κ2) is 8.39. The number of likely N-dealkylation sites (N-methyl/N-ethyl adjacent to an activating group) is 1. The summed E-state index contributed by atoms with van der Waals surface area (Å²) >= 11 is 0. The molecule has 8 heteroatoms. The Morgan fingerprint density at radius 2 is 1.78 bits per heavy atom. The fourth-order valence-corrected chi connectivity index (χ4v) is 4.00. The Labute approximate surface area is 186 Å². The number of fused-ring (bicyclic) bond motifs is 1. The van der Waals surface area contributed by atoms with Crippen LogP contribution in [0, 0.1) is 6.92 Å². The van der Waals surface area contributed by atoms with Crippen LogP contribution in [0.4, 0.5) is 17.3 Å². The van der Waals surface area contributed by atoms with E-state index in [-0.39, 0.29) is 5.56 Å². The van der Waals surface area contributed by atoms with Crippen molar-refractivity contribution < 1.29 is 0 Å². The molecule has 0 saturated carbocycles. The number of benzene rings is 2. The van der Waals surface area contributed by atoms with Crippen LogP contribution in [0.2, 0.25) is 0 Å². The highest BCUT2D eigenvalue weighted by Gasteiger charge is 2.16. The van der Waals surface area contributed by atoms with Gasteiger partial charge in [-0.15, -0.1) is 0 Å². The van der Waals surface area contributed by atoms with Crippen molar-refractivity contribution in [3.05, 3.63) is 70.6 Å². The summed E-state index contributed by atoms with van der Waals surface area (Å²) in [5.41, 5.74) is 5.13. The highest BCUT2D eigenvalue weighted by Crippen LogP contribution is 2.26. The van der Waals surface area contributed by atoms with Crippen molar-refractivity contribution in [2.24, 2.45) is 0 Å². The van der Waals surface area contributed by atoms with Gasteiger partial charge in [-0.1, -0.05) is 30.3 Å². The van der Waals surface area contributed by atoms with E-state index in [2.05, 4.69) is 61.2 Å². The molecule has 162 valence electrons. The molecule has 1 saturated heterocycles. The van der Waals surface area contributed by atoms with Crippen molar-refractivity contribution in [1.29, 1.82) is 0 Å². The normalized spacial score (nSPS) is 14.6. The van der Waals surface area contributed by atoms with E-state index in [1.807, 2.05) is 36.4 Å². The molecule has 8 nitrogen and oxygen atoms in total. The average Bonchev–Trinajstić information content (AvgIpc) is 2.80. The third-order valence-corrected chi connectivity index (χ3v) is 5.79. The number of rotatable bonds is 4. The summed E-state index contributed by atoms with van der Waals surface area (Å²) < 4.78 is 0. The fourth-order valence-electron chi connectivity index (χ4n) is 4.00. The molecule has 2 N–H and O–H groups in total. The quantitative estimate of drug-likeness (QED) is 0.517. The lowest BCUT2D eigenvalue weighted by atomic mass is 10.1. The van der Waals surface area contributed by atoms with Crippen molar-refractivity contribution in [3.8, 4) is 11.3 Å². The van der Waals surface area contributed by atoms with Crippen LogP contribution >= 0.6 is 0 Å². The molecule has 0 bridgehead atoms. The summed E-state index contributed by atoms with van der Waals surface area (Å²) in [6.45, 7) is 6.32. The average molecular weight is 428 g/mol. The lowest BCUT2D eigenvalue weighted by Crippen LogP contribution is -2.44. The first-order chi connectivity index (χ1) is 15.6. The number of H-pyrrole nitrogens is 1. The first-order valence-electron chi connectivity index (χ1n) is 10.7. The molecule has 0 unspecified atom stereocenters. The van der Waals surface area contributed by atoms with Gasteiger partial charge in [0.15, 0.2) is 5.65 Å². The van der Waals surface area contributed by atoms with Crippen LogP contribution in [0.5, 0.6) is 0 Å². The molecule has 0 spiro atoms. The van der Waals surface area contributed by atoms with Gasteiger partial charge in [-0.25, -0.2) is 9.97 Å². The van der Waals surface area contributed by atoms with Crippen LogP contribution in [0.3, 0.4) is 0 Å². The van der Waals surface area contributed by atoms with Crippen molar-refractivity contribution in [2.45, 2.75) is 6.92 Å². The Morgan fingerprint density at radius 3 is 2.53 bits per heavy atom. The molecular formula is C24H25N7O. The van der Waals surface area contributed by atoms with Gasteiger partial charge in [0.1, 0.15) is 11.2 Å². The zero-order valence-electron chi connectivity index (χ0n) is 18.2. The summed E-state index contributed by atoms with van der Waals surface area (Å²) in [7, 11) is 2.16. The number of aromatic amines is 1. The van der Waals surface area contributed by atoms with Gasteiger partial charge in [-0.2, -0.15) is 4.98 Å². The maximum Gasteiger partial charge on any atom is 0.276 e. The Balaban J connectivity index is 1.38. The van der Waals surface area contributed by atoms with Crippen LogP contribution in [0.25, 0.3) is 22.4 Å². The lowest BCUT2D eigenvalue weighted by Gasteiger charge is -2.35. The first-order valence-corrected chi connectivity index (χ1v) is 10.7. The smallest absolute Gasteiger partial charge is 0.276 e. The zero-order valence-corrected chi connectivity index (χ0v) is 18.2. The number of nitrogens with one attached hydrogen (secondary N) is 2. The number of aryl methyl sites for hydroxylation is 1. The number of piperazine rings is 1. The highest BCUT2D eigenvalue weighted by atomic mass is 16.1. The van der Waals surface area contributed by atoms with E-state index < -0.39 is 0 Å². The molecule has 1 aliphatic heterocycles. The summed E-state index contributed by atoms with van der Waals surface area (Å²) in [6.07, 6.45) is 1.62. The number of nitrogens with zero attached hydrogens (tertiary/aromatic N) is 5. The van der Waals surface area contributed by atoms with Gasteiger partial charge < -0.3 is 20.1 Å². The van der Waals surface area contributed by atoms with E-state index >= 15 is 0 Å². The Morgan fingerprint density at radius 1 is 1.00 bits per heavy atom. The standard InChI is InChI=1S/C24H25N7O/c1-16-14-18(8-9-20(16)31-12-10-30(2)11-13-31)26-24-25-15-19-22(29-24)28-23(32)21(27-19)17-6-4-3-5-7-17/h3-9,14-15H,10-13H2,1-2H3,(H2,25,26,28,29,32). The highest BCUT2D eigenvalue weighted by molar-refractivity contribution is 5.74. The van der Waals surface area contributed by atoms with Gasteiger partial charge in [-0.3, -0.25) is 4.79 Å². The molecule has 2 aromatic carbocycles. The molecule has 3 heterocycles. The zero-order chi connectivity index (χ0) is 22.1. The predicted molar refractivity (Wildman–Crippen MR) is 128 cm³/mol. The van der Waals surface area contributed by atoms with Gasteiger partial charge in [0.2, 0.25) is 5.95 Å². The van der Waals surface area contributed by atoms with Crippen molar-refractivity contribution in [1.82, 2.24) is 24.8 Å². The van der Waals surface area contributed by atoms with E-state index in [1.54, 1.807) is 6.20 Å². The minimum Gasteiger partial charge on any atom is -0.369 e. The molecule has 0 radical (unpaired) electrons. The largest absolute Gasteiger partial charge is 0.369 e. The monoisotopic (exact) mass is 427 g/mol. The predicted octanol–water partition coefficient (Wildman–Crippen LogP) is 3.18. The third-order valence-electron chi connectivity index (χ3n) is 5.79. The van der Waals surface area contributed by atoms with Crippen LogP contribution in [-0.4, -0.2) is 58.1 Å². The third kappa shape index (κ3) is 4.04. The van der Waals surface area contributed by atoms with Crippen LogP contribution in [0.15, 0.2) is 59.5 Å². The first kappa shape index (κ1) is 20.1. The van der Waals surface area contributed by atoms with Crippen LogP contribution < -0.4 is 15.8 Å². The van der Waals surface area contributed by atoms with Crippen molar-refractivity contribution >= 4 is 28.5 Å². The lowest BCUT2D eigenvalue weighted by molar-refractivity contribution is 0.312. The second-order valence-electron chi connectivity index (χ2n) is 8.12. The molecule has 4 aromatic rings. The second-order valence-corrected chi connectivity index (χ2v) is 8.12. The Kier molecular flexibility index (Phi) is 5.28. The number of aromatic nitrogens is 4.